The first-order chi connectivity index (χ1) is 8.72. The SMILES string of the molecule is CC1=C(CCO)SCN1CC(=O)c1ccccc1. The van der Waals surface area contributed by atoms with Gasteiger partial charge in [0.15, 0.2) is 5.78 Å². The first kappa shape index (κ1) is 13.2. The fraction of sp³-hybridized carbons (Fsp3) is 0.357. The first-order valence-corrected chi connectivity index (χ1v) is 6.97. The second-order valence-corrected chi connectivity index (χ2v) is 5.28. The largest absolute Gasteiger partial charge is 0.396 e. The smallest absolute Gasteiger partial charge is 0.182 e. The Morgan fingerprint density at radius 1 is 1.39 bits per heavy atom. The highest BCUT2D eigenvalue weighted by atomic mass is 32.2. The monoisotopic (exact) mass is 263 g/mol. The van der Waals surface area contributed by atoms with Crippen LogP contribution in [0, 0.1) is 0 Å². The zero-order chi connectivity index (χ0) is 13.0. The van der Waals surface area contributed by atoms with E-state index in [1.54, 1.807) is 11.8 Å². The summed E-state index contributed by atoms with van der Waals surface area (Å²) in [6.07, 6.45) is 0.687. The number of aliphatic hydroxyl groups is 1. The lowest BCUT2D eigenvalue weighted by molar-refractivity contribution is 0.0958. The number of ketones is 1. The van der Waals surface area contributed by atoms with Crippen molar-refractivity contribution in [2.75, 3.05) is 19.0 Å². The number of Topliss-reactive ketones (excluding diaryl/α,β-unsaturated/α-hetero) is 1. The first-order valence-electron chi connectivity index (χ1n) is 5.99. The average Bonchev–Trinajstić information content (AvgIpc) is 2.73. The van der Waals surface area contributed by atoms with E-state index >= 15 is 0 Å². The Bertz CT molecular complexity index is 456. The molecule has 1 aromatic carbocycles. The average molecular weight is 263 g/mol. The number of aliphatic hydroxyl groups excluding tert-OH is 1. The molecule has 0 amide bonds. The summed E-state index contributed by atoms with van der Waals surface area (Å²) in [6, 6.07) is 9.36. The summed E-state index contributed by atoms with van der Waals surface area (Å²) in [4.78, 5) is 15.4. The van der Waals surface area contributed by atoms with Crippen LogP contribution in [-0.4, -0.2) is 34.8 Å². The van der Waals surface area contributed by atoms with Gasteiger partial charge in [0.2, 0.25) is 0 Å². The minimum Gasteiger partial charge on any atom is -0.396 e. The summed E-state index contributed by atoms with van der Waals surface area (Å²) in [5.74, 6) is 0.945. The number of thioether (sulfide) groups is 1. The van der Waals surface area contributed by atoms with Crippen LogP contribution in [0.4, 0.5) is 0 Å². The molecule has 0 fully saturated rings. The molecular weight excluding hydrogens is 246 g/mol. The third-order valence-corrected chi connectivity index (χ3v) is 4.33. The molecule has 0 radical (unpaired) electrons. The lowest BCUT2D eigenvalue weighted by Crippen LogP contribution is -2.25. The molecule has 2 rings (SSSR count). The third kappa shape index (κ3) is 2.94. The maximum Gasteiger partial charge on any atom is 0.182 e. The molecular formula is C14H17NO2S. The molecule has 4 heteroatoms. The maximum atomic E-state index is 12.1. The molecule has 0 unspecified atom stereocenters. The van der Waals surface area contributed by atoms with Crippen molar-refractivity contribution in [2.45, 2.75) is 13.3 Å². The number of rotatable bonds is 5. The van der Waals surface area contributed by atoms with E-state index in [0.29, 0.717) is 13.0 Å². The van der Waals surface area contributed by atoms with E-state index in [-0.39, 0.29) is 12.4 Å². The van der Waals surface area contributed by atoms with E-state index in [9.17, 15) is 4.79 Å². The maximum absolute atomic E-state index is 12.1. The summed E-state index contributed by atoms with van der Waals surface area (Å²) in [7, 11) is 0. The normalized spacial score (nSPS) is 15.3. The Balaban J connectivity index is 2.01. The highest BCUT2D eigenvalue weighted by molar-refractivity contribution is 8.03. The molecule has 1 aromatic rings. The number of benzene rings is 1. The van der Waals surface area contributed by atoms with Gasteiger partial charge in [-0.3, -0.25) is 4.79 Å². The van der Waals surface area contributed by atoms with Gasteiger partial charge in [-0.1, -0.05) is 30.3 Å². The Morgan fingerprint density at radius 2 is 2.11 bits per heavy atom. The van der Waals surface area contributed by atoms with Gasteiger partial charge in [-0.05, 0) is 6.92 Å². The molecule has 18 heavy (non-hydrogen) atoms. The standard InChI is InChI=1S/C14H17NO2S/c1-11-14(7-8-16)18-10-15(11)9-13(17)12-5-3-2-4-6-12/h2-6,16H,7-10H2,1H3. The van der Waals surface area contributed by atoms with Gasteiger partial charge >= 0.3 is 0 Å². The van der Waals surface area contributed by atoms with Gasteiger partial charge in [0, 0.05) is 29.2 Å². The predicted molar refractivity (Wildman–Crippen MR) is 74.3 cm³/mol. The fourth-order valence-corrected chi connectivity index (χ4v) is 3.11. The number of hydrogen-bond acceptors (Lipinski definition) is 4. The third-order valence-electron chi connectivity index (χ3n) is 3.04. The van der Waals surface area contributed by atoms with Crippen LogP contribution < -0.4 is 0 Å². The van der Waals surface area contributed by atoms with E-state index in [0.717, 1.165) is 17.1 Å². The number of nitrogens with zero attached hydrogens (tertiary/aromatic N) is 1. The highest BCUT2D eigenvalue weighted by Gasteiger charge is 2.21. The number of carbonyl (C=O) groups is 1. The number of hydrogen-bond donors (Lipinski definition) is 1. The molecule has 0 atom stereocenters. The molecule has 0 saturated heterocycles. The van der Waals surface area contributed by atoms with Crippen LogP contribution in [0.25, 0.3) is 0 Å². The van der Waals surface area contributed by atoms with Gasteiger partial charge < -0.3 is 10.0 Å². The second-order valence-electron chi connectivity index (χ2n) is 4.24. The molecule has 3 nitrogen and oxygen atoms in total. The van der Waals surface area contributed by atoms with Crippen molar-refractivity contribution in [1.82, 2.24) is 4.90 Å². The van der Waals surface area contributed by atoms with Gasteiger partial charge in [0.05, 0.1) is 12.4 Å². The highest BCUT2D eigenvalue weighted by Crippen LogP contribution is 2.33. The van der Waals surface area contributed by atoms with Gasteiger partial charge in [0.1, 0.15) is 0 Å². The molecule has 1 aliphatic rings. The van der Waals surface area contributed by atoms with Crippen molar-refractivity contribution in [2.24, 2.45) is 0 Å². The molecule has 1 heterocycles. The molecule has 0 aliphatic carbocycles. The summed E-state index contributed by atoms with van der Waals surface area (Å²) in [5.41, 5.74) is 1.88. The molecule has 0 bridgehead atoms. The number of allylic oxidation sites excluding steroid dienone is 1. The van der Waals surface area contributed by atoms with Crippen LogP contribution in [0.5, 0.6) is 0 Å². The Hall–Kier alpha value is -1.26. The number of carbonyl (C=O) groups excluding carboxylic acids is 1. The summed E-state index contributed by atoms with van der Waals surface area (Å²) in [6.45, 7) is 2.60. The van der Waals surface area contributed by atoms with Gasteiger partial charge in [-0.2, -0.15) is 0 Å². The van der Waals surface area contributed by atoms with Gasteiger partial charge in [-0.15, -0.1) is 11.8 Å². The van der Waals surface area contributed by atoms with Crippen LogP contribution in [-0.2, 0) is 0 Å². The Labute approximate surface area is 111 Å². The van der Waals surface area contributed by atoms with Crippen LogP contribution in [0.2, 0.25) is 0 Å². The molecule has 96 valence electrons. The van der Waals surface area contributed by atoms with Gasteiger partial charge in [-0.25, -0.2) is 0 Å². The van der Waals surface area contributed by atoms with Crippen molar-refractivity contribution in [3.8, 4) is 0 Å². The molecule has 1 N–H and O–H groups in total. The zero-order valence-electron chi connectivity index (χ0n) is 10.4. The van der Waals surface area contributed by atoms with E-state index < -0.39 is 0 Å². The van der Waals surface area contributed by atoms with Crippen LogP contribution in [0.1, 0.15) is 23.7 Å². The van der Waals surface area contributed by atoms with E-state index in [1.807, 2.05) is 37.3 Å². The fourth-order valence-electron chi connectivity index (χ4n) is 1.94. The predicted octanol–water partition coefficient (Wildman–Crippen LogP) is 2.49. The molecule has 0 saturated carbocycles. The van der Waals surface area contributed by atoms with Crippen molar-refractivity contribution < 1.29 is 9.90 Å². The Kier molecular flexibility index (Phi) is 4.44. The van der Waals surface area contributed by atoms with Gasteiger partial charge in [0.25, 0.3) is 0 Å². The topological polar surface area (TPSA) is 40.5 Å². The summed E-state index contributed by atoms with van der Waals surface area (Å²) < 4.78 is 0. The van der Waals surface area contributed by atoms with Crippen LogP contribution >= 0.6 is 11.8 Å². The summed E-state index contributed by atoms with van der Waals surface area (Å²) in [5, 5.41) is 8.96. The minimum atomic E-state index is 0.140. The van der Waals surface area contributed by atoms with Crippen LogP contribution in [0.15, 0.2) is 40.9 Å². The lowest BCUT2D eigenvalue weighted by atomic mass is 10.1. The Morgan fingerprint density at radius 3 is 2.78 bits per heavy atom. The lowest BCUT2D eigenvalue weighted by Gasteiger charge is -2.18. The minimum absolute atomic E-state index is 0.140. The van der Waals surface area contributed by atoms with E-state index in [4.69, 9.17) is 5.11 Å². The zero-order valence-corrected chi connectivity index (χ0v) is 11.2. The quantitative estimate of drug-likeness (QED) is 0.829. The molecule has 0 aromatic heterocycles. The van der Waals surface area contributed by atoms with Crippen molar-refractivity contribution in [3.63, 3.8) is 0 Å². The molecule has 1 aliphatic heterocycles. The molecule has 0 spiro atoms. The van der Waals surface area contributed by atoms with Crippen molar-refractivity contribution in [1.29, 1.82) is 0 Å². The van der Waals surface area contributed by atoms with Crippen LogP contribution in [0.3, 0.4) is 0 Å². The van der Waals surface area contributed by atoms with Crippen molar-refractivity contribution in [3.05, 3.63) is 46.5 Å². The second kappa shape index (κ2) is 6.07. The van der Waals surface area contributed by atoms with E-state index in [1.165, 1.54) is 4.91 Å². The summed E-state index contributed by atoms with van der Waals surface area (Å²) >= 11 is 1.71. The van der Waals surface area contributed by atoms with E-state index in [2.05, 4.69) is 4.90 Å². The van der Waals surface area contributed by atoms with Crippen molar-refractivity contribution >= 4 is 17.5 Å².